The van der Waals surface area contributed by atoms with Crippen LogP contribution in [0.25, 0.3) is 22.5 Å². The van der Waals surface area contributed by atoms with Gasteiger partial charge in [-0.15, -0.1) is 0 Å². The summed E-state index contributed by atoms with van der Waals surface area (Å²) in [5.74, 6) is 1.54. The predicted octanol–water partition coefficient (Wildman–Crippen LogP) is 11.0. The van der Waals surface area contributed by atoms with Crippen LogP contribution in [0.15, 0.2) is 134 Å². The van der Waals surface area contributed by atoms with Gasteiger partial charge in [0.2, 0.25) is 17.8 Å². The largest absolute Gasteiger partial charge is 0.375 e. The van der Waals surface area contributed by atoms with Crippen molar-refractivity contribution in [2.75, 3.05) is 89.4 Å². The Morgan fingerprint density at radius 2 is 1.07 bits per heavy atom. The number of nitrogens with zero attached hydrogens (tertiary/aromatic N) is 6. The Morgan fingerprint density at radius 1 is 0.595 bits per heavy atom. The lowest BCUT2D eigenvalue weighted by Gasteiger charge is -2.27. The summed E-state index contributed by atoms with van der Waals surface area (Å²) >= 11 is 0. The van der Waals surface area contributed by atoms with Crippen LogP contribution in [-0.2, 0) is 28.8 Å². The highest BCUT2D eigenvalue weighted by Gasteiger charge is 2.29. The fourth-order valence-electron chi connectivity index (χ4n) is 9.78. The zero-order valence-electron chi connectivity index (χ0n) is 44.0. The molecule has 2 aliphatic rings. The van der Waals surface area contributed by atoms with Crippen LogP contribution in [0.3, 0.4) is 0 Å². The molecular weight excluding hydrogens is 921 g/mol. The topological polar surface area (TPSA) is 150 Å². The number of carbonyl (C=O) groups is 2. The van der Waals surface area contributed by atoms with Crippen molar-refractivity contribution >= 4 is 35.1 Å². The number of hydrogen-bond acceptors (Lipinski definition) is 11. The number of rotatable bonds is 21. The van der Waals surface area contributed by atoms with E-state index in [1.165, 1.54) is 34.9 Å². The molecule has 0 bridgehead atoms. The Kier molecular flexibility index (Phi) is 18.7. The van der Waals surface area contributed by atoms with Gasteiger partial charge < -0.3 is 35.8 Å². The van der Waals surface area contributed by atoms with Crippen molar-refractivity contribution in [1.29, 1.82) is 0 Å². The minimum Gasteiger partial charge on any atom is -0.375 e. The van der Waals surface area contributed by atoms with Crippen molar-refractivity contribution in [3.63, 3.8) is 0 Å². The van der Waals surface area contributed by atoms with Crippen LogP contribution < -0.4 is 21.3 Å². The lowest BCUT2D eigenvalue weighted by molar-refractivity contribution is -0.119. The number of ether oxygens (including phenoxy) is 1. The number of hydrogen-bond donors (Lipinski definition) is 4. The lowest BCUT2D eigenvalue weighted by atomic mass is 9.78. The molecule has 0 aliphatic heterocycles. The summed E-state index contributed by atoms with van der Waals surface area (Å²) in [6, 6.07) is 41.2. The number of fused-ring (bicyclic) bond motifs is 6. The molecule has 0 fully saturated rings. The summed E-state index contributed by atoms with van der Waals surface area (Å²) in [6.45, 7) is 6.10. The van der Waals surface area contributed by atoms with E-state index in [0.29, 0.717) is 17.5 Å². The van der Waals surface area contributed by atoms with Crippen LogP contribution in [0.5, 0.6) is 0 Å². The third-order valence-corrected chi connectivity index (χ3v) is 13.6. The number of aryl methyl sites for hydroxylation is 1. The number of amides is 2. The fraction of sp³-hybridized carbons (Fsp3) is 0.344. The van der Waals surface area contributed by atoms with Gasteiger partial charge in [0.25, 0.3) is 5.91 Å². The van der Waals surface area contributed by atoms with E-state index in [4.69, 9.17) is 14.7 Å². The zero-order valence-corrected chi connectivity index (χ0v) is 44.0. The summed E-state index contributed by atoms with van der Waals surface area (Å²) in [5.41, 5.74) is 15.1. The SMILES string of the molecule is CCCc1ccc(C(=O)Nc2ccc(C3Cc4cnc(NCCCCN(C)C)nc4-c4ccccc43)cc2)cc1.COCC(=O)Nc1ccc(C2Cc3cnc(NCCCCN(C)C)nc3-c3ccccc32)cc1. The molecule has 13 nitrogen and oxygen atoms in total. The van der Waals surface area contributed by atoms with E-state index in [1.807, 2.05) is 60.9 Å². The van der Waals surface area contributed by atoms with Gasteiger partial charge >= 0.3 is 0 Å². The average Bonchev–Trinajstić information content (AvgIpc) is 3.41. The van der Waals surface area contributed by atoms with E-state index >= 15 is 0 Å². The smallest absolute Gasteiger partial charge is 0.255 e. The molecule has 0 saturated heterocycles. The van der Waals surface area contributed by atoms with Crippen LogP contribution in [0.4, 0.5) is 23.3 Å². The monoisotopic (exact) mass is 993 g/mol. The highest BCUT2D eigenvalue weighted by atomic mass is 16.5. The van der Waals surface area contributed by atoms with Gasteiger partial charge in [0.05, 0.1) is 11.4 Å². The molecule has 13 heteroatoms. The summed E-state index contributed by atoms with van der Waals surface area (Å²) in [6.07, 6.45) is 12.2. The highest BCUT2D eigenvalue weighted by Crippen LogP contribution is 2.43. The van der Waals surface area contributed by atoms with Crippen LogP contribution >= 0.6 is 0 Å². The van der Waals surface area contributed by atoms with Crippen LogP contribution in [0.1, 0.15) is 100 Å². The molecule has 9 rings (SSSR count). The number of anilines is 4. The summed E-state index contributed by atoms with van der Waals surface area (Å²) in [7, 11) is 9.91. The van der Waals surface area contributed by atoms with Gasteiger partial charge in [-0.3, -0.25) is 9.59 Å². The molecule has 2 atom stereocenters. The normalized spacial score (nSPS) is 14.2. The van der Waals surface area contributed by atoms with Crippen molar-refractivity contribution in [1.82, 2.24) is 29.7 Å². The Labute approximate surface area is 437 Å². The lowest BCUT2D eigenvalue weighted by Crippen LogP contribution is -2.18. The first-order valence-corrected chi connectivity index (χ1v) is 26.1. The van der Waals surface area contributed by atoms with Gasteiger partial charge in [0.1, 0.15) is 6.61 Å². The molecular formula is C61H72N10O3. The van der Waals surface area contributed by atoms with E-state index in [2.05, 4.69) is 149 Å². The maximum absolute atomic E-state index is 12.8. The molecule has 74 heavy (non-hydrogen) atoms. The van der Waals surface area contributed by atoms with Crippen molar-refractivity contribution in [2.24, 2.45) is 0 Å². The van der Waals surface area contributed by atoms with Crippen molar-refractivity contribution < 1.29 is 14.3 Å². The van der Waals surface area contributed by atoms with Gasteiger partial charge in [-0.25, -0.2) is 19.9 Å². The van der Waals surface area contributed by atoms with Crippen LogP contribution in [0.2, 0.25) is 0 Å². The van der Waals surface area contributed by atoms with Crippen molar-refractivity contribution in [3.05, 3.63) is 178 Å². The molecule has 2 aliphatic carbocycles. The molecule has 2 heterocycles. The second-order valence-corrected chi connectivity index (χ2v) is 19.8. The fourth-order valence-corrected chi connectivity index (χ4v) is 9.78. The van der Waals surface area contributed by atoms with Gasteiger partial charge in [-0.1, -0.05) is 98.3 Å². The Morgan fingerprint density at radius 3 is 1.53 bits per heavy atom. The molecule has 0 spiro atoms. The number of benzene rings is 5. The minimum absolute atomic E-state index is 0.0431. The van der Waals surface area contributed by atoms with E-state index < -0.39 is 0 Å². The summed E-state index contributed by atoms with van der Waals surface area (Å²) in [4.78, 5) is 48.0. The van der Waals surface area contributed by atoms with Crippen molar-refractivity contribution in [3.8, 4) is 22.5 Å². The molecule has 2 amide bonds. The van der Waals surface area contributed by atoms with Gasteiger partial charge in [-0.05, 0) is 162 Å². The number of nitrogens with one attached hydrogen (secondary N) is 4. The Hall–Kier alpha value is -7.32. The van der Waals surface area contributed by atoms with E-state index in [1.54, 1.807) is 0 Å². The number of methoxy groups -OCH3 is 1. The first-order valence-electron chi connectivity index (χ1n) is 26.1. The molecule has 2 aromatic heterocycles. The Balaban J connectivity index is 0.000000200. The summed E-state index contributed by atoms with van der Waals surface area (Å²) < 4.78 is 4.89. The standard InChI is InChI=1S/C34H39N5O.C27H33N5O2/c1-4-9-24-12-14-26(15-13-24)33(40)37-28-18-16-25(17-19-28)31-22-27-23-36-34(35-20-7-8-21-39(2)3)38-32(27)30-11-6-5-10-29(30)31;1-32(2)15-7-6-14-28-27-29-17-20-16-24(22-8-4-5-9-23(22)26(20)31-27)19-10-12-21(13-11-19)30-25(33)18-34-3/h5-6,10-19,23,31H,4,7-9,20-22H2,1-3H3,(H,37,40)(H,35,36,38);4-5,8-13,17,24H,6-7,14-16,18H2,1-3H3,(H,30,33)(H,28,29,31). The highest BCUT2D eigenvalue weighted by molar-refractivity contribution is 6.04. The molecule has 384 valence electrons. The predicted molar refractivity (Wildman–Crippen MR) is 300 cm³/mol. The molecule has 0 radical (unpaired) electrons. The summed E-state index contributed by atoms with van der Waals surface area (Å²) in [5, 5.41) is 12.7. The third kappa shape index (κ3) is 14.0. The second-order valence-electron chi connectivity index (χ2n) is 19.8. The number of carbonyl (C=O) groups excluding carboxylic acids is 2. The average molecular weight is 993 g/mol. The van der Waals surface area contributed by atoms with E-state index in [-0.39, 0.29) is 30.3 Å². The molecule has 5 aromatic carbocycles. The van der Waals surface area contributed by atoms with Gasteiger partial charge in [-0.2, -0.15) is 0 Å². The van der Waals surface area contributed by atoms with Crippen LogP contribution in [0, 0.1) is 0 Å². The third-order valence-electron chi connectivity index (χ3n) is 13.6. The van der Waals surface area contributed by atoms with Crippen molar-refractivity contribution in [2.45, 2.75) is 70.1 Å². The zero-order chi connectivity index (χ0) is 51.8. The molecule has 4 N–H and O–H groups in total. The Bertz CT molecular complexity index is 2940. The first kappa shape index (κ1) is 53.0. The minimum atomic E-state index is -0.161. The number of unbranched alkanes of at least 4 members (excludes halogenated alkanes) is 2. The maximum Gasteiger partial charge on any atom is 0.255 e. The van der Waals surface area contributed by atoms with E-state index in [9.17, 15) is 9.59 Å². The number of aromatic nitrogens is 4. The first-order chi connectivity index (χ1) is 36.1. The molecule has 0 saturated carbocycles. The maximum atomic E-state index is 12.8. The molecule has 7 aromatic rings. The molecule has 2 unspecified atom stereocenters. The van der Waals surface area contributed by atoms with Crippen LogP contribution in [-0.4, -0.2) is 110 Å². The van der Waals surface area contributed by atoms with Gasteiger partial charge in [0.15, 0.2) is 0 Å². The van der Waals surface area contributed by atoms with Gasteiger partial charge in [0, 0.05) is 72.5 Å². The van der Waals surface area contributed by atoms with E-state index in [0.717, 1.165) is 123 Å². The second kappa shape index (κ2) is 26.1. The quantitative estimate of drug-likeness (QED) is 0.0510.